The lowest BCUT2D eigenvalue weighted by Crippen LogP contribution is -2.25. The summed E-state index contributed by atoms with van der Waals surface area (Å²) in [5.74, 6) is 0.146. The van der Waals surface area contributed by atoms with E-state index >= 15 is 0 Å². The molecule has 194 valence electrons. The quantitative estimate of drug-likeness (QED) is 0.275. The highest BCUT2D eigenvalue weighted by molar-refractivity contribution is 5.99. The summed E-state index contributed by atoms with van der Waals surface area (Å²) in [6, 6.07) is 16.4. The van der Waals surface area contributed by atoms with Crippen molar-refractivity contribution in [2.45, 2.75) is 12.8 Å². The number of aromatic amines is 2. The first-order valence-electron chi connectivity index (χ1n) is 13.1. The summed E-state index contributed by atoms with van der Waals surface area (Å²) in [6.07, 6.45) is 7.71. The molecule has 0 aliphatic carbocycles. The van der Waals surface area contributed by atoms with Gasteiger partial charge in [-0.25, -0.2) is 9.37 Å². The van der Waals surface area contributed by atoms with Gasteiger partial charge in [-0.2, -0.15) is 5.10 Å². The molecular weight excluding hydrogens is 493 g/mol. The van der Waals surface area contributed by atoms with Crippen molar-refractivity contribution in [3.05, 3.63) is 79.0 Å². The fourth-order valence-corrected chi connectivity index (χ4v) is 5.25. The zero-order chi connectivity index (χ0) is 26.2. The Bertz CT molecular complexity index is 1770. The van der Waals surface area contributed by atoms with Crippen LogP contribution in [0.3, 0.4) is 0 Å². The third kappa shape index (κ3) is 4.61. The van der Waals surface area contributed by atoms with E-state index in [0.29, 0.717) is 29.3 Å². The number of fused-ring (bicyclic) bond motifs is 2. The van der Waals surface area contributed by atoms with E-state index in [1.807, 2.05) is 42.5 Å². The van der Waals surface area contributed by atoms with Crippen LogP contribution in [0.25, 0.3) is 55.8 Å². The van der Waals surface area contributed by atoms with Gasteiger partial charge in [-0.15, -0.1) is 0 Å². The average molecular weight is 520 g/mol. The van der Waals surface area contributed by atoms with Crippen molar-refractivity contribution in [1.29, 1.82) is 0 Å². The first kappa shape index (κ1) is 23.5. The molecule has 7 rings (SSSR count). The molecule has 1 aromatic carbocycles. The molecule has 0 radical (unpaired) electrons. The Morgan fingerprint density at radius 3 is 2.72 bits per heavy atom. The summed E-state index contributed by atoms with van der Waals surface area (Å²) >= 11 is 0. The number of hydrogen-bond donors (Lipinski definition) is 2. The van der Waals surface area contributed by atoms with E-state index < -0.39 is 0 Å². The Hall–Kier alpha value is -4.63. The minimum absolute atomic E-state index is 0.358. The Kier molecular flexibility index (Phi) is 5.97. The van der Waals surface area contributed by atoms with Gasteiger partial charge >= 0.3 is 0 Å². The fourth-order valence-electron chi connectivity index (χ4n) is 5.25. The van der Waals surface area contributed by atoms with Crippen molar-refractivity contribution in [3.8, 4) is 39.7 Å². The third-order valence-corrected chi connectivity index (χ3v) is 7.19. The lowest BCUT2D eigenvalue weighted by molar-refractivity contribution is 0.237. The van der Waals surface area contributed by atoms with Gasteiger partial charge < -0.3 is 9.72 Å². The predicted molar refractivity (Wildman–Crippen MR) is 149 cm³/mol. The first-order chi connectivity index (χ1) is 19.2. The van der Waals surface area contributed by atoms with Gasteiger partial charge in [-0.05, 0) is 74.5 Å². The maximum absolute atomic E-state index is 14.7. The van der Waals surface area contributed by atoms with Crippen molar-refractivity contribution < 1.29 is 9.13 Å². The minimum atomic E-state index is -0.358. The fraction of sp³-hybridized carbons (Fsp3) is 0.200. The topological polar surface area (TPSA) is 95.6 Å². The van der Waals surface area contributed by atoms with Gasteiger partial charge in [0, 0.05) is 53.2 Å². The monoisotopic (exact) mass is 519 g/mol. The predicted octanol–water partition coefficient (Wildman–Crippen LogP) is 5.84. The van der Waals surface area contributed by atoms with Crippen LogP contribution in [0.5, 0.6) is 5.75 Å². The van der Waals surface area contributed by atoms with Crippen LogP contribution in [-0.4, -0.2) is 61.3 Å². The molecule has 0 spiro atoms. The molecular formula is C30H26FN7O. The highest BCUT2D eigenvalue weighted by Crippen LogP contribution is 2.34. The number of ether oxygens (including phenoxy) is 1. The van der Waals surface area contributed by atoms with Gasteiger partial charge in [0.25, 0.3) is 0 Å². The summed E-state index contributed by atoms with van der Waals surface area (Å²) in [4.78, 5) is 19.5. The molecule has 0 atom stereocenters. The van der Waals surface area contributed by atoms with Gasteiger partial charge in [0.15, 0.2) is 0 Å². The van der Waals surface area contributed by atoms with Crippen LogP contribution < -0.4 is 4.74 Å². The molecule has 1 fully saturated rings. The third-order valence-electron chi connectivity index (χ3n) is 7.19. The van der Waals surface area contributed by atoms with E-state index in [2.05, 4.69) is 30.0 Å². The number of hydrogen-bond acceptors (Lipinski definition) is 6. The maximum Gasteiger partial charge on any atom is 0.135 e. The maximum atomic E-state index is 14.7. The highest BCUT2D eigenvalue weighted by atomic mass is 19.1. The van der Waals surface area contributed by atoms with Crippen LogP contribution >= 0.6 is 0 Å². The van der Waals surface area contributed by atoms with Crippen molar-refractivity contribution in [2.24, 2.45) is 0 Å². The van der Waals surface area contributed by atoms with Gasteiger partial charge in [0.2, 0.25) is 0 Å². The molecule has 39 heavy (non-hydrogen) atoms. The largest absolute Gasteiger partial charge is 0.492 e. The van der Waals surface area contributed by atoms with E-state index in [0.717, 1.165) is 58.5 Å². The summed E-state index contributed by atoms with van der Waals surface area (Å²) in [7, 11) is 0. The highest BCUT2D eigenvalue weighted by Gasteiger charge is 2.17. The Morgan fingerprint density at radius 1 is 0.923 bits per heavy atom. The number of nitrogens with zero attached hydrogens (tertiary/aromatic N) is 5. The molecule has 8 nitrogen and oxygen atoms in total. The molecule has 9 heteroatoms. The van der Waals surface area contributed by atoms with Crippen LogP contribution in [0.4, 0.5) is 4.39 Å². The average Bonchev–Trinajstić information content (AvgIpc) is 3.72. The summed E-state index contributed by atoms with van der Waals surface area (Å²) in [5.41, 5.74) is 7.01. The van der Waals surface area contributed by atoms with E-state index in [-0.39, 0.29) is 5.82 Å². The SMILES string of the molecule is Fc1cc(OCCN2CCCC2)cc(-c2nccc3[nH]c(-c4n[nH]c5ccc(-c6cccnc6)nc45)cc23)c1. The molecule has 6 aromatic rings. The number of halogens is 1. The number of pyridine rings is 3. The van der Waals surface area contributed by atoms with Gasteiger partial charge in [0.1, 0.15) is 29.4 Å². The van der Waals surface area contributed by atoms with Crippen molar-refractivity contribution >= 4 is 21.9 Å². The summed E-state index contributed by atoms with van der Waals surface area (Å²) in [5, 5.41) is 8.49. The Labute approximate surface area is 223 Å². The molecule has 1 aliphatic heterocycles. The number of benzene rings is 1. The minimum Gasteiger partial charge on any atom is -0.492 e. The second-order valence-electron chi connectivity index (χ2n) is 9.78. The zero-order valence-corrected chi connectivity index (χ0v) is 21.2. The van der Waals surface area contributed by atoms with Crippen LogP contribution in [0, 0.1) is 5.82 Å². The smallest absolute Gasteiger partial charge is 0.135 e. The number of aromatic nitrogens is 6. The number of likely N-dealkylation sites (tertiary alicyclic amines) is 1. The number of nitrogens with one attached hydrogen (secondary N) is 2. The Morgan fingerprint density at radius 2 is 1.85 bits per heavy atom. The summed E-state index contributed by atoms with van der Waals surface area (Å²) in [6.45, 7) is 3.57. The van der Waals surface area contributed by atoms with Crippen LogP contribution in [0.2, 0.25) is 0 Å². The first-order valence-corrected chi connectivity index (χ1v) is 13.1. The lowest BCUT2D eigenvalue weighted by Gasteiger charge is -2.15. The van der Waals surface area contributed by atoms with Crippen molar-refractivity contribution in [1.82, 2.24) is 35.0 Å². The van der Waals surface area contributed by atoms with Gasteiger partial charge in [-0.3, -0.25) is 20.0 Å². The van der Waals surface area contributed by atoms with Crippen LogP contribution in [0.1, 0.15) is 12.8 Å². The zero-order valence-electron chi connectivity index (χ0n) is 21.2. The van der Waals surface area contributed by atoms with Crippen molar-refractivity contribution in [3.63, 3.8) is 0 Å². The van der Waals surface area contributed by atoms with Gasteiger partial charge in [0.05, 0.1) is 22.6 Å². The normalized spacial score (nSPS) is 14.0. The molecule has 1 saturated heterocycles. The van der Waals surface area contributed by atoms with Crippen LogP contribution in [0.15, 0.2) is 73.2 Å². The summed E-state index contributed by atoms with van der Waals surface area (Å²) < 4.78 is 20.6. The second-order valence-corrected chi connectivity index (χ2v) is 9.78. The second kappa shape index (κ2) is 9.92. The molecule has 0 bridgehead atoms. The molecule has 6 heterocycles. The lowest BCUT2D eigenvalue weighted by atomic mass is 10.1. The van der Waals surface area contributed by atoms with E-state index in [1.54, 1.807) is 18.6 Å². The molecule has 1 aliphatic rings. The van der Waals surface area contributed by atoms with Crippen molar-refractivity contribution in [2.75, 3.05) is 26.2 Å². The number of rotatable bonds is 7. The van der Waals surface area contributed by atoms with Gasteiger partial charge in [-0.1, -0.05) is 0 Å². The molecule has 0 amide bonds. The van der Waals surface area contributed by atoms with E-state index in [4.69, 9.17) is 9.72 Å². The molecule has 2 N–H and O–H groups in total. The molecule has 0 unspecified atom stereocenters. The van der Waals surface area contributed by atoms with E-state index in [9.17, 15) is 4.39 Å². The molecule has 5 aromatic heterocycles. The Balaban J connectivity index is 1.23. The molecule has 0 saturated carbocycles. The van der Waals surface area contributed by atoms with Crippen LogP contribution in [-0.2, 0) is 0 Å². The van der Waals surface area contributed by atoms with E-state index in [1.165, 1.54) is 25.0 Å². The number of H-pyrrole nitrogens is 2. The standard InChI is InChI=1S/C30H26FN7O/c31-21-14-20(15-22(16-21)39-13-12-38-10-1-2-11-38)28-23-17-27(34-25(23)7-9-33-28)30-29-26(36-37-30)6-5-24(35-29)19-4-3-8-32-18-19/h3-9,14-18,34H,1-2,10-13H2,(H,36,37).